The van der Waals surface area contributed by atoms with Gasteiger partial charge in [0.25, 0.3) is 0 Å². The zero-order valence-corrected chi connectivity index (χ0v) is 17.8. The summed E-state index contributed by atoms with van der Waals surface area (Å²) in [5.74, 6) is 0.0867. The molecule has 0 bridgehead atoms. The van der Waals surface area contributed by atoms with E-state index in [1.165, 1.54) is 17.5 Å². The molecule has 2 heterocycles. The van der Waals surface area contributed by atoms with Crippen molar-refractivity contribution in [3.05, 3.63) is 47.3 Å². The van der Waals surface area contributed by atoms with Crippen LogP contribution in [-0.4, -0.2) is 56.6 Å². The summed E-state index contributed by atoms with van der Waals surface area (Å²) in [6, 6.07) is 8.79. The first kappa shape index (κ1) is 21.4. The van der Waals surface area contributed by atoms with Crippen molar-refractivity contribution >= 4 is 15.9 Å². The fraction of sp³-hybridized carbons (Fsp3) is 0.450. The third-order valence-electron chi connectivity index (χ3n) is 5.12. The first-order valence-corrected chi connectivity index (χ1v) is 10.9. The number of amides is 1. The molecule has 1 N–H and O–H groups in total. The number of hydrogen-bond donors (Lipinski definition) is 1. The molecular formula is C20H27N3O5S. The van der Waals surface area contributed by atoms with Gasteiger partial charge >= 0.3 is 0 Å². The topological polar surface area (TPSA) is 89.9 Å². The molecule has 1 fully saturated rings. The van der Waals surface area contributed by atoms with Crippen LogP contribution >= 0.6 is 0 Å². The molecule has 0 aliphatic carbocycles. The second-order valence-electron chi connectivity index (χ2n) is 6.98. The van der Waals surface area contributed by atoms with Gasteiger partial charge in [0.2, 0.25) is 15.9 Å². The number of nitrogens with one attached hydrogen (secondary N) is 1. The number of aromatic nitrogens is 1. The fourth-order valence-electron chi connectivity index (χ4n) is 3.24. The molecule has 9 heteroatoms. The van der Waals surface area contributed by atoms with E-state index in [2.05, 4.69) is 5.32 Å². The summed E-state index contributed by atoms with van der Waals surface area (Å²) in [6.07, 6.45) is 0.0824. The Morgan fingerprint density at radius 1 is 1.21 bits per heavy atom. The van der Waals surface area contributed by atoms with Gasteiger partial charge in [0.05, 0.1) is 33.3 Å². The molecule has 1 aliphatic heterocycles. The Balaban J connectivity index is 1.74. The second kappa shape index (κ2) is 8.98. The van der Waals surface area contributed by atoms with Gasteiger partial charge in [-0.25, -0.2) is 8.42 Å². The molecule has 29 heavy (non-hydrogen) atoms. The predicted octanol–water partition coefficient (Wildman–Crippen LogP) is 1.22. The van der Waals surface area contributed by atoms with Gasteiger partial charge in [-0.05, 0) is 36.8 Å². The molecule has 3 rings (SSSR count). The first-order valence-electron chi connectivity index (χ1n) is 9.45. The second-order valence-corrected chi connectivity index (χ2v) is 8.89. The molecule has 0 spiro atoms. The van der Waals surface area contributed by atoms with Crippen molar-refractivity contribution in [3.8, 4) is 5.75 Å². The van der Waals surface area contributed by atoms with Gasteiger partial charge in [-0.2, -0.15) is 4.31 Å². The molecule has 1 aromatic heterocycles. The molecule has 1 aromatic carbocycles. The number of carbonyl (C=O) groups is 1. The van der Waals surface area contributed by atoms with Crippen LogP contribution < -0.4 is 10.1 Å². The Morgan fingerprint density at radius 3 is 2.55 bits per heavy atom. The van der Waals surface area contributed by atoms with Crippen molar-refractivity contribution in [2.24, 2.45) is 7.05 Å². The number of hydrogen-bond acceptors (Lipinski definition) is 5. The highest BCUT2D eigenvalue weighted by Gasteiger charge is 2.29. The van der Waals surface area contributed by atoms with Crippen molar-refractivity contribution in [1.29, 1.82) is 0 Å². The van der Waals surface area contributed by atoms with Gasteiger partial charge in [0.1, 0.15) is 10.6 Å². The van der Waals surface area contributed by atoms with E-state index in [1.54, 1.807) is 12.1 Å². The van der Waals surface area contributed by atoms with Crippen LogP contribution in [0.5, 0.6) is 5.75 Å². The minimum Gasteiger partial charge on any atom is -0.495 e. The Hall–Kier alpha value is -2.36. The molecule has 0 unspecified atom stereocenters. The molecule has 0 saturated carbocycles. The van der Waals surface area contributed by atoms with Gasteiger partial charge in [-0.1, -0.05) is 6.07 Å². The van der Waals surface area contributed by atoms with Crippen LogP contribution in [0.3, 0.4) is 0 Å². The van der Waals surface area contributed by atoms with Crippen LogP contribution in [0.1, 0.15) is 17.0 Å². The van der Waals surface area contributed by atoms with E-state index in [1.807, 2.05) is 30.7 Å². The molecule has 1 saturated heterocycles. The highest BCUT2D eigenvalue weighted by atomic mass is 32.2. The predicted molar refractivity (Wildman–Crippen MR) is 108 cm³/mol. The third-order valence-corrected chi connectivity index (χ3v) is 7.04. The van der Waals surface area contributed by atoms with Gasteiger partial charge in [0, 0.05) is 31.5 Å². The first-order chi connectivity index (χ1) is 13.8. The Bertz CT molecular complexity index is 978. The Kier molecular flexibility index (Phi) is 6.61. The number of nitrogens with zero attached hydrogens (tertiary/aromatic N) is 2. The summed E-state index contributed by atoms with van der Waals surface area (Å²) >= 11 is 0. The van der Waals surface area contributed by atoms with Crippen molar-refractivity contribution in [1.82, 2.24) is 14.2 Å². The molecule has 8 nitrogen and oxygen atoms in total. The number of aryl methyl sites for hydroxylation is 1. The van der Waals surface area contributed by atoms with Gasteiger partial charge in [-0.3, -0.25) is 4.79 Å². The maximum atomic E-state index is 13.0. The summed E-state index contributed by atoms with van der Waals surface area (Å²) in [6.45, 7) is 3.74. The summed E-state index contributed by atoms with van der Waals surface area (Å²) in [5, 5.41) is 2.88. The smallest absolute Gasteiger partial charge is 0.246 e. The van der Waals surface area contributed by atoms with Gasteiger partial charge < -0.3 is 19.4 Å². The van der Waals surface area contributed by atoms with Crippen molar-refractivity contribution in [2.45, 2.75) is 24.8 Å². The van der Waals surface area contributed by atoms with E-state index < -0.39 is 10.0 Å². The van der Waals surface area contributed by atoms with Crippen LogP contribution in [0.4, 0.5) is 0 Å². The maximum absolute atomic E-state index is 13.0. The van der Waals surface area contributed by atoms with E-state index >= 15 is 0 Å². The highest BCUT2D eigenvalue weighted by molar-refractivity contribution is 7.89. The maximum Gasteiger partial charge on any atom is 0.246 e. The van der Waals surface area contributed by atoms with E-state index in [9.17, 15) is 13.2 Å². The van der Waals surface area contributed by atoms with Crippen LogP contribution in [0.25, 0.3) is 0 Å². The number of ether oxygens (including phenoxy) is 2. The van der Waals surface area contributed by atoms with Gasteiger partial charge in [0.15, 0.2) is 0 Å². The lowest BCUT2D eigenvalue weighted by molar-refractivity contribution is -0.120. The quantitative estimate of drug-likeness (QED) is 0.726. The molecule has 0 atom stereocenters. The standard InChI is InChI=1S/C20H27N3O5S/c1-15-4-6-17(22(15)2)14-21-20(24)13-16-5-7-18(27-3)19(12-16)29(25,26)23-8-10-28-11-9-23/h4-7,12H,8-11,13-14H2,1-3H3,(H,21,24). The molecular weight excluding hydrogens is 394 g/mol. The summed E-state index contributed by atoms with van der Waals surface area (Å²) in [5.41, 5.74) is 2.72. The summed E-state index contributed by atoms with van der Waals surface area (Å²) < 4.78 is 40.0. The lowest BCUT2D eigenvalue weighted by Gasteiger charge is -2.26. The SMILES string of the molecule is COc1ccc(CC(=O)NCc2ccc(C)n2C)cc1S(=O)(=O)N1CCOCC1. The number of morpholine rings is 1. The summed E-state index contributed by atoms with van der Waals surface area (Å²) in [4.78, 5) is 12.5. The third kappa shape index (κ3) is 4.80. The van der Waals surface area contributed by atoms with E-state index in [0.29, 0.717) is 38.4 Å². The average Bonchev–Trinajstić information content (AvgIpc) is 3.05. The van der Waals surface area contributed by atoms with E-state index in [-0.39, 0.29) is 23.0 Å². The Labute approximate surface area is 171 Å². The number of methoxy groups -OCH3 is 1. The molecule has 1 amide bonds. The molecule has 1 aliphatic rings. The number of benzene rings is 1. The van der Waals surface area contributed by atoms with Crippen molar-refractivity contribution in [3.63, 3.8) is 0 Å². The Morgan fingerprint density at radius 2 is 1.93 bits per heavy atom. The number of carbonyl (C=O) groups excluding carboxylic acids is 1. The van der Waals surface area contributed by atoms with Crippen molar-refractivity contribution < 1.29 is 22.7 Å². The van der Waals surface area contributed by atoms with E-state index in [0.717, 1.165) is 11.4 Å². The minimum atomic E-state index is -3.73. The zero-order valence-electron chi connectivity index (χ0n) is 17.0. The lowest BCUT2D eigenvalue weighted by Crippen LogP contribution is -2.40. The zero-order chi connectivity index (χ0) is 21.0. The van der Waals surface area contributed by atoms with Crippen LogP contribution in [0.2, 0.25) is 0 Å². The lowest BCUT2D eigenvalue weighted by atomic mass is 10.1. The van der Waals surface area contributed by atoms with Crippen molar-refractivity contribution in [2.75, 3.05) is 33.4 Å². The largest absolute Gasteiger partial charge is 0.495 e. The normalized spacial score (nSPS) is 15.3. The van der Waals surface area contributed by atoms with Crippen LogP contribution in [0.15, 0.2) is 35.2 Å². The fourth-order valence-corrected chi connectivity index (χ4v) is 4.85. The molecule has 2 aromatic rings. The molecule has 158 valence electrons. The number of sulfonamides is 1. The minimum absolute atomic E-state index is 0.0743. The van der Waals surface area contributed by atoms with Crippen LogP contribution in [0, 0.1) is 6.92 Å². The average molecular weight is 422 g/mol. The monoisotopic (exact) mass is 421 g/mol. The highest BCUT2D eigenvalue weighted by Crippen LogP contribution is 2.28. The summed E-state index contributed by atoms with van der Waals surface area (Å²) in [7, 11) is -0.348. The van der Waals surface area contributed by atoms with E-state index in [4.69, 9.17) is 9.47 Å². The van der Waals surface area contributed by atoms with Gasteiger partial charge in [-0.15, -0.1) is 0 Å². The molecule has 0 radical (unpaired) electrons. The van der Waals surface area contributed by atoms with Crippen LogP contribution in [-0.2, 0) is 39.6 Å². The number of rotatable bonds is 7.